The number of ether oxygens (including phenoxy) is 1. The van der Waals surface area contributed by atoms with E-state index in [0.717, 1.165) is 5.56 Å². The maximum absolute atomic E-state index is 12.0. The molecular weight excluding hydrogens is 244 g/mol. The molecule has 2 amide bonds. The molecule has 0 aliphatic rings. The lowest BCUT2D eigenvalue weighted by Gasteiger charge is -2.22. The number of carbonyl (C=O) groups is 2. The third-order valence-corrected chi connectivity index (χ3v) is 2.63. The largest absolute Gasteiger partial charge is 0.372 e. The number of rotatable bonds is 8. The fourth-order valence-corrected chi connectivity index (χ4v) is 1.62. The summed E-state index contributed by atoms with van der Waals surface area (Å²) < 4.78 is 5.11. The molecular formula is C14H20N2O3. The van der Waals surface area contributed by atoms with Crippen molar-refractivity contribution in [2.75, 3.05) is 19.8 Å². The number of hydrogen-bond donors (Lipinski definition) is 1. The summed E-state index contributed by atoms with van der Waals surface area (Å²) in [6.07, 6.45) is 0.157. The van der Waals surface area contributed by atoms with Crippen LogP contribution in [0.5, 0.6) is 0 Å². The Bertz CT molecular complexity index is 406. The van der Waals surface area contributed by atoms with Crippen LogP contribution in [0.3, 0.4) is 0 Å². The molecule has 0 radical (unpaired) electrons. The third-order valence-electron chi connectivity index (χ3n) is 2.63. The van der Waals surface area contributed by atoms with Crippen LogP contribution < -0.4 is 5.73 Å². The van der Waals surface area contributed by atoms with Crippen molar-refractivity contribution in [2.24, 2.45) is 5.73 Å². The van der Waals surface area contributed by atoms with Gasteiger partial charge in [-0.3, -0.25) is 9.59 Å². The smallest absolute Gasteiger partial charge is 0.248 e. The van der Waals surface area contributed by atoms with Gasteiger partial charge in [-0.15, -0.1) is 0 Å². The van der Waals surface area contributed by atoms with Crippen LogP contribution in [-0.4, -0.2) is 36.5 Å². The molecule has 0 unspecified atom stereocenters. The van der Waals surface area contributed by atoms with Crippen molar-refractivity contribution in [1.82, 2.24) is 4.90 Å². The summed E-state index contributed by atoms with van der Waals surface area (Å²) in [5.41, 5.74) is 6.14. The van der Waals surface area contributed by atoms with Crippen molar-refractivity contribution < 1.29 is 14.3 Å². The zero-order chi connectivity index (χ0) is 14.1. The summed E-state index contributed by atoms with van der Waals surface area (Å²) in [5.74, 6) is -0.547. The number of benzene rings is 1. The molecule has 0 atom stereocenters. The summed E-state index contributed by atoms with van der Waals surface area (Å²) in [5, 5.41) is 0. The van der Waals surface area contributed by atoms with Crippen LogP contribution in [0.15, 0.2) is 30.3 Å². The maximum Gasteiger partial charge on any atom is 0.248 e. The van der Waals surface area contributed by atoms with Gasteiger partial charge in [0.25, 0.3) is 0 Å². The minimum atomic E-state index is -0.415. The summed E-state index contributed by atoms with van der Waals surface area (Å²) in [4.78, 5) is 24.4. The summed E-state index contributed by atoms with van der Waals surface area (Å²) >= 11 is 0. The Morgan fingerprint density at radius 1 is 1.26 bits per heavy atom. The molecule has 0 heterocycles. The van der Waals surface area contributed by atoms with Gasteiger partial charge in [-0.1, -0.05) is 30.3 Å². The number of hydrogen-bond acceptors (Lipinski definition) is 3. The van der Waals surface area contributed by atoms with Crippen LogP contribution >= 0.6 is 0 Å². The van der Waals surface area contributed by atoms with Crippen LogP contribution in [-0.2, 0) is 20.9 Å². The highest BCUT2D eigenvalue weighted by Gasteiger charge is 2.14. The van der Waals surface area contributed by atoms with E-state index in [1.54, 1.807) is 4.90 Å². The number of nitrogens with zero attached hydrogens (tertiary/aromatic N) is 1. The molecule has 0 aromatic heterocycles. The van der Waals surface area contributed by atoms with E-state index in [4.69, 9.17) is 10.5 Å². The van der Waals surface area contributed by atoms with E-state index < -0.39 is 5.91 Å². The molecule has 2 N–H and O–H groups in total. The van der Waals surface area contributed by atoms with E-state index >= 15 is 0 Å². The Kier molecular flexibility index (Phi) is 6.60. The molecule has 0 saturated heterocycles. The Morgan fingerprint density at radius 3 is 2.53 bits per heavy atom. The van der Waals surface area contributed by atoms with E-state index in [0.29, 0.717) is 19.7 Å². The second kappa shape index (κ2) is 8.26. The maximum atomic E-state index is 12.0. The van der Waals surface area contributed by atoms with Crippen LogP contribution in [0.2, 0.25) is 0 Å². The van der Waals surface area contributed by atoms with Crippen LogP contribution in [0.25, 0.3) is 0 Å². The van der Waals surface area contributed by atoms with Crippen molar-refractivity contribution >= 4 is 11.8 Å². The van der Waals surface area contributed by atoms with Gasteiger partial charge in [-0.05, 0) is 12.5 Å². The van der Waals surface area contributed by atoms with Gasteiger partial charge in [0.15, 0.2) is 0 Å². The Hall–Kier alpha value is -1.88. The van der Waals surface area contributed by atoms with Crippen molar-refractivity contribution in [3.05, 3.63) is 35.9 Å². The molecule has 0 saturated carbocycles. The van der Waals surface area contributed by atoms with Crippen LogP contribution in [0.4, 0.5) is 0 Å². The molecule has 0 fully saturated rings. The van der Waals surface area contributed by atoms with E-state index in [2.05, 4.69) is 0 Å². The number of nitrogens with two attached hydrogens (primary N) is 1. The zero-order valence-corrected chi connectivity index (χ0v) is 11.2. The minimum absolute atomic E-state index is 0.0299. The monoisotopic (exact) mass is 264 g/mol. The van der Waals surface area contributed by atoms with Gasteiger partial charge in [0.1, 0.15) is 6.61 Å². The first kappa shape index (κ1) is 15.2. The van der Waals surface area contributed by atoms with Crippen LogP contribution in [0.1, 0.15) is 18.9 Å². The first-order valence-corrected chi connectivity index (χ1v) is 6.31. The predicted octanol–water partition coefficient (Wildman–Crippen LogP) is 0.927. The van der Waals surface area contributed by atoms with E-state index in [1.807, 2.05) is 37.3 Å². The second-order valence-corrected chi connectivity index (χ2v) is 4.15. The molecule has 1 aromatic rings. The van der Waals surface area contributed by atoms with Crippen molar-refractivity contribution in [2.45, 2.75) is 19.9 Å². The predicted molar refractivity (Wildman–Crippen MR) is 72.2 cm³/mol. The summed E-state index contributed by atoms with van der Waals surface area (Å²) in [6, 6.07) is 9.61. The van der Waals surface area contributed by atoms with Gasteiger partial charge in [-0.2, -0.15) is 0 Å². The lowest BCUT2D eigenvalue weighted by molar-refractivity contribution is -0.137. The second-order valence-electron chi connectivity index (χ2n) is 4.15. The molecule has 1 rings (SSSR count). The highest BCUT2D eigenvalue weighted by atomic mass is 16.5. The topological polar surface area (TPSA) is 72.6 Å². The van der Waals surface area contributed by atoms with Gasteiger partial charge < -0.3 is 15.4 Å². The lowest BCUT2D eigenvalue weighted by Crippen LogP contribution is -2.36. The molecule has 1 aromatic carbocycles. The quantitative estimate of drug-likeness (QED) is 0.759. The van der Waals surface area contributed by atoms with Crippen molar-refractivity contribution in [1.29, 1.82) is 0 Å². The molecule has 0 spiro atoms. The summed E-state index contributed by atoms with van der Waals surface area (Å²) in [6.45, 7) is 3.12. The molecule has 0 aliphatic carbocycles. The van der Waals surface area contributed by atoms with Crippen molar-refractivity contribution in [3.63, 3.8) is 0 Å². The van der Waals surface area contributed by atoms with Gasteiger partial charge in [0.05, 0.1) is 0 Å². The Labute approximate surface area is 113 Å². The molecule has 0 aliphatic heterocycles. The third kappa shape index (κ3) is 6.01. The SMILES string of the molecule is CCOCC(=O)N(CCC(N)=O)Cc1ccccc1. The molecule has 19 heavy (non-hydrogen) atoms. The van der Waals surface area contributed by atoms with E-state index in [-0.39, 0.29) is 18.9 Å². The van der Waals surface area contributed by atoms with Gasteiger partial charge >= 0.3 is 0 Å². The summed E-state index contributed by atoms with van der Waals surface area (Å²) in [7, 11) is 0. The number of carbonyl (C=O) groups excluding carboxylic acids is 2. The van der Waals surface area contributed by atoms with Gasteiger partial charge in [-0.25, -0.2) is 0 Å². The Balaban J connectivity index is 2.62. The molecule has 0 bridgehead atoms. The average molecular weight is 264 g/mol. The lowest BCUT2D eigenvalue weighted by atomic mass is 10.2. The fourth-order valence-electron chi connectivity index (χ4n) is 1.62. The van der Waals surface area contributed by atoms with E-state index in [1.165, 1.54) is 0 Å². The van der Waals surface area contributed by atoms with E-state index in [9.17, 15) is 9.59 Å². The standard InChI is InChI=1S/C14H20N2O3/c1-2-19-11-14(18)16(9-8-13(15)17)10-12-6-4-3-5-7-12/h3-7H,2,8-11H2,1H3,(H2,15,17). The molecule has 5 nitrogen and oxygen atoms in total. The first-order chi connectivity index (χ1) is 9.13. The van der Waals surface area contributed by atoms with Crippen LogP contribution in [0, 0.1) is 0 Å². The number of amides is 2. The first-order valence-electron chi connectivity index (χ1n) is 6.31. The number of primary amides is 1. The highest BCUT2D eigenvalue weighted by Crippen LogP contribution is 2.06. The van der Waals surface area contributed by atoms with Gasteiger partial charge in [0, 0.05) is 26.1 Å². The highest BCUT2D eigenvalue weighted by molar-refractivity contribution is 5.79. The normalized spacial score (nSPS) is 10.2. The van der Waals surface area contributed by atoms with Crippen molar-refractivity contribution in [3.8, 4) is 0 Å². The molecule has 5 heteroatoms. The molecule has 104 valence electrons. The zero-order valence-electron chi connectivity index (χ0n) is 11.2. The fraction of sp³-hybridized carbons (Fsp3) is 0.429. The van der Waals surface area contributed by atoms with Gasteiger partial charge in [0.2, 0.25) is 11.8 Å². The minimum Gasteiger partial charge on any atom is -0.372 e. The average Bonchev–Trinajstić information content (AvgIpc) is 2.41. The Morgan fingerprint density at radius 2 is 1.95 bits per heavy atom.